The Morgan fingerprint density at radius 2 is 0.810 bits per heavy atom. The number of hydrogen-bond acceptors (Lipinski definition) is 3. The molecule has 1 aliphatic rings. The van der Waals surface area contributed by atoms with Crippen LogP contribution in [0.1, 0.15) is 27.8 Å². The van der Waals surface area contributed by atoms with E-state index >= 15 is 0 Å². The van der Waals surface area contributed by atoms with Gasteiger partial charge in [-0.15, -0.1) is 0 Å². The zero-order valence-electron chi connectivity index (χ0n) is 34.4. The Balaban J connectivity index is 1.06. The van der Waals surface area contributed by atoms with Gasteiger partial charge in [0, 0.05) is 16.7 Å². The lowest BCUT2D eigenvalue weighted by Crippen LogP contribution is -2.28. The van der Waals surface area contributed by atoms with Gasteiger partial charge < -0.3 is 0 Å². The summed E-state index contributed by atoms with van der Waals surface area (Å²) in [6.07, 6.45) is 0. The molecule has 10 aromatic rings. The molecule has 0 spiro atoms. The molecule has 0 aliphatic heterocycles. The number of fused-ring (bicyclic) bond motifs is 3. The van der Waals surface area contributed by atoms with Crippen LogP contribution in [-0.2, 0) is 5.41 Å². The molecule has 0 bridgehead atoms. The Kier molecular flexibility index (Phi) is 9.45. The average molecular weight is 802 g/mol. The van der Waals surface area contributed by atoms with E-state index in [4.69, 9.17) is 9.97 Å². The minimum atomic E-state index is -0.533. The second-order valence-corrected chi connectivity index (χ2v) is 16.0. The molecule has 1 aliphatic carbocycles. The Labute approximate surface area is 368 Å². The summed E-state index contributed by atoms with van der Waals surface area (Å²) >= 11 is 0. The normalized spacial score (nSPS) is 12.2. The highest BCUT2D eigenvalue weighted by molar-refractivity contribution is 5.95. The molecule has 294 valence electrons. The van der Waals surface area contributed by atoms with Gasteiger partial charge in [-0.1, -0.05) is 200 Å². The first-order valence-electron chi connectivity index (χ1n) is 21.3. The fourth-order valence-electron chi connectivity index (χ4n) is 9.46. The van der Waals surface area contributed by atoms with Crippen molar-refractivity contribution in [2.75, 3.05) is 0 Å². The lowest BCUT2D eigenvalue weighted by atomic mass is 9.67. The van der Waals surface area contributed by atoms with Crippen molar-refractivity contribution >= 4 is 0 Å². The maximum atomic E-state index is 9.71. The summed E-state index contributed by atoms with van der Waals surface area (Å²) in [6, 6.07) is 86.0. The van der Waals surface area contributed by atoms with Crippen LogP contribution >= 0.6 is 0 Å². The van der Waals surface area contributed by atoms with Gasteiger partial charge in [0.05, 0.1) is 28.4 Å². The van der Waals surface area contributed by atoms with Gasteiger partial charge in [-0.2, -0.15) is 5.26 Å². The molecular formula is C60H39N3. The van der Waals surface area contributed by atoms with E-state index in [1.54, 1.807) is 0 Å². The highest BCUT2D eigenvalue weighted by Crippen LogP contribution is 2.58. The van der Waals surface area contributed by atoms with Gasteiger partial charge in [0.1, 0.15) is 0 Å². The van der Waals surface area contributed by atoms with Crippen LogP contribution in [0.15, 0.2) is 237 Å². The predicted octanol–water partition coefficient (Wildman–Crippen LogP) is 14.7. The third-order valence-corrected chi connectivity index (χ3v) is 12.4. The van der Waals surface area contributed by atoms with E-state index in [9.17, 15) is 5.26 Å². The van der Waals surface area contributed by atoms with Crippen LogP contribution in [0.5, 0.6) is 0 Å². The van der Waals surface area contributed by atoms with Gasteiger partial charge in [0.15, 0.2) is 5.82 Å². The molecule has 0 radical (unpaired) electrons. The van der Waals surface area contributed by atoms with E-state index in [1.807, 2.05) is 48.5 Å². The lowest BCUT2D eigenvalue weighted by Gasteiger charge is -2.34. The third kappa shape index (κ3) is 6.63. The molecule has 0 saturated carbocycles. The quantitative estimate of drug-likeness (QED) is 0.154. The zero-order valence-corrected chi connectivity index (χ0v) is 34.4. The maximum Gasteiger partial charge on any atom is 0.160 e. The summed E-state index contributed by atoms with van der Waals surface area (Å²) in [6.45, 7) is 0. The SMILES string of the molecule is N#Cc1ccc(-c2cc3c(cc2-c2ccc(-c4cccc(-c5cc(-c6ccccc6)nc(-c6ccccc6)n5)c4)cc2)C(c2ccccc2)(c2ccccc2)c2ccccc2-3)cc1. The standard InChI is InChI=1S/C60H39N3/c61-40-41-28-30-43(31-29-41)52-37-54-51-26-13-14-27-55(51)60(49-22-9-3-10-23-49,50-24-11-4-12-25-50)56(54)38-53(52)44-34-32-42(33-35-44)47-20-15-21-48(36-47)58-39-57(45-16-5-1-6-17-45)62-59(63-58)46-18-7-2-8-19-46/h1-39H. The number of aromatic nitrogens is 2. The van der Waals surface area contributed by atoms with Crippen LogP contribution in [0, 0.1) is 11.3 Å². The fraction of sp³-hybridized carbons (Fsp3) is 0.0167. The molecule has 11 rings (SSSR count). The molecule has 3 nitrogen and oxygen atoms in total. The Hall–Kier alpha value is -8.45. The zero-order chi connectivity index (χ0) is 42.2. The van der Waals surface area contributed by atoms with Crippen molar-refractivity contribution in [3.63, 3.8) is 0 Å². The van der Waals surface area contributed by atoms with E-state index in [1.165, 1.54) is 33.4 Å². The fourth-order valence-corrected chi connectivity index (χ4v) is 9.46. The molecule has 0 amide bonds. The number of nitriles is 1. The second-order valence-electron chi connectivity index (χ2n) is 16.0. The summed E-state index contributed by atoms with van der Waals surface area (Å²) in [5.74, 6) is 0.695. The Morgan fingerprint density at radius 3 is 1.44 bits per heavy atom. The molecule has 3 heteroatoms. The van der Waals surface area contributed by atoms with Gasteiger partial charge in [-0.25, -0.2) is 9.97 Å². The first kappa shape index (κ1) is 37.5. The van der Waals surface area contributed by atoms with Crippen LogP contribution in [0.25, 0.3) is 78.4 Å². The van der Waals surface area contributed by atoms with Crippen LogP contribution in [0.2, 0.25) is 0 Å². The van der Waals surface area contributed by atoms with Crippen molar-refractivity contribution in [3.05, 3.63) is 264 Å². The molecular weight excluding hydrogens is 763 g/mol. The van der Waals surface area contributed by atoms with Gasteiger partial charge in [0.25, 0.3) is 0 Å². The molecule has 9 aromatic carbocycles. The molecule has 0 saturated heterocycles. The molecule has 63 heavy (non-hydrogen) atoms. The minimum Gasteiger partial charge on any atom is -0.228 e. The number of rotatable bonds is 8. The van der Waals surface area contributed by atoms with Crippen molar-refractivity contribution in [1.82, 2.24) is 9.97 Å². The van der Waals surface area contributed by atoms with Crippen molar-refractivity contribution in [3.8, 4) is 84.5 Å². The van der Waals surface area contributed by atoms with Crippen molar-refractivity contribution < 1.29 is 0 Å². The van der Waals surface area contributed by atoms with Crippen molar-refractivity contribution in [1.29, 1.82) is 5.26 Å². The van der Waals surface area contributed by atoms with Gasteiger partial charge in [0.2, 0.25) is 0 Å². The number of benzene rings is 9. The molecule has 0 atom stereocenters. The van der Waals surface area contributed by atoms with Crippen molar-refractivity contribution in [2.24, 2.45) is 0 Å². The molecule has 0 fully saturated rings. The van der Waals surface area contributed by atoms with Crippen LogP contribution in [-0.4, -0.2) is 9.97 Å². The highest BCUT2D eigenvalue weighted by Gasteiger charge is 2.46. The summed E-state index contributed by atoms with van der Waals surface area (Å²) in [5.41, 5.74) is 18.9. The predicted molar refractivity (Wildman–Crippen MR) is 257 cm³/mol. The Morgan fingerprint density at radius 1 is 0.317 bits per heavy atom. The van der Waals surface area contributed by atoms with Crippen LogP contribution in [0.3, 0.4) is 0 Å². The summed E-state index contributed by atoms with van der Waals surface area (Å²) in [7, 11) is 0. The van der Waals surface area contributed by atoms with Crippen LogP contribution in [0.4, 0.5) is 0 Å². The molecule has 0 N–H and O–H groups in total. The summed E-state index contributed by atoms with van der Waals surface area (Å²) in [4.78, 5) is 10.1. The average Bonchev–Trinajstić information content (AvgIpc) is 3.67. The van der Waals surface area contributed by atoms with Gasteiger partial charge in [-0.3, -0.25) is 0 Å². The number of hydrogen-bond donors (Lipinski definition) is 0. The lowest BCUT2D eigenvalue weighted by molar-refractivity contribution is 0.769. The number of nitrogens with zero attached hydrogens (tertiary/aromatic N) is 3. The highest BCUT2D eigenvalue weighted by atomic mass is 14.9. The first-order valence-corrected chi connectivity index (χ1v) is 21.3. The molecule has 1 aromatic heterocycles. The topological polar surface area (TPSA) is 49.6 Å². The minimum absolute atomic E-state index is 0.533. The largest absolute Gasteiger partial charge is 0.228 e. The van der Waals surface area contributed by atoms with Crippen molar-refractivity contribution in [2.45, 2.75) is 5.41 Å². The van der Waals surface area contributed by atoms with E-state index in [2.05, 4.69) is 194 Å². The van der Waals surface area contributed by atoms with Gasteiger partial charge >= 0.3 is 0 Å². The van der Waals surface area contributed by atoms with Gasteiger partial charge in [-0.05, 0) is 103 Å². The van der Waals surface area contributed by atoms with E-state index in [0.29, 0.717) is 11.4 Å². The van der Waals surface area contributed by atoms with E-state index in [-0.39, 0.29) is 0 Å². The Bertz CT molecular complexity index is 3200. The first-order chi connectivity index (χ1) is 31.2. The second kappa shape index (κ2) is 15.9. The maximum absolute atomic E-state index is 9.71. The van der Waals surface area contributed by atoms with Crippen LogP contribution < -0.4 is 0 Å². The summed E-state index contributed by atoms with van der Waals surface area (Å²) in [5, 5.41) is 9.71. The van der Waals surface area contributed by atoms with E-state index in [0.717, 1.165) is 61.5 Å². The van der Waals surface area contributed by atoms with E-state index < -0.39 is 5.41 Å². The monoisotopic (exact) mass is 801 g/mol. The smallest absolute Gasteiger partial charge is 0.160 e. The molecule has 0 unspecified atom stereocenters. The summed E-state index contributed by atoms with van der Waals surface area (Å²) < 4.78 is 0. The third-order valence-electron chi connectivity index (χ3n) is 12.4. The molecule has 1 heterocycles.